The predicted octanol–water partition coefficient (Wildman–Crippen LogP) is 2.87. The van der Waals surface area contributed by atoms with Crippen molar-refractivity contribution in [3.8, 4) is 5.75 Å². The van der Waals surface area contributed by atoms with Crippen molar-refractivity contribution in [3.05, 3.63) is 23.2 Å². The number of halogens is 1. The second kappa shape index (κ2) is 8.46. The Balaban J connectivity index is 2.52. The highest BCUT2D eigenvalue weighted by Crippen LogP contribution is 2.27. The molecule has 0 aliphatic rings. The van der Waals surface area contributed by atoms with Crippen LogP contribution >= 0.6 is 11.6 Å². The molecule has 1 aromatic carbocycles. The smallest absolute Gasteiger partial charge is 0.232 e. The summed E-state index contributed by atoms with van der Waals surface area (Å²) < 4.78 is 31.6. The summed E-state index contributed by atoms with van der Waals surface area (Å²) >= 11 is 5.99. The number of benzene rings is 1. The molecule has 0 bridgehead atoms. The van der Waals surface area contributed by atoms with Gasteiger partial charge in [-0.05, 0) is 31.5 Å². The first kappa shape index (κ1) is 18.1. The molecule has 0 aromatic heterocycles. The van der Waals surface area contributed by atoms with Gasteiger partial charge in [-0.2, -0.15) is 0 Å². The van der Waals surface area contributed by atoms with Crippen molar-refractivity contribution in [2.75, 3.05) is 24.1 Å². The molecule has 0 fully saturated rings. The second-order valence-electron chi connectivity index (χ2n) is 5.08. The average Bonchev–Trinajstić information content (AvgIpc) is 2.40. The van der Waals surface area contributed by atoms with Gasteiger partial charge in [0.05, 0.1) is 23.6 Å². The van der Waals surface area contributed by atoms with Crippen LogP contribution < -0.4 is 14.8 Å². The number of ether oxygens (including phenoxy) is 1. The molecule has 0 spiro atoms. The van der Waals surface area contributed by atoms with E-state index in [0.29, 0.717) is 28.9 Å². The van der Waals surface area contributed by atoms with Gasteiger partial charge in [0.1, 0.15) is 5.75 Å². The number of hydrogen-bond acceptors (Lipinski definition) is 4. The van der Waals surface area contributed by atoms with Crippen LogP contribution in [0.15, 0.2) is 18.2 Å². The van der Waals surface area contributed by atoms with E-state index in [1.807, 2.05) is 0 Å². The fourth-order valence-electron chi connectivity index (χ4n) is 1.74. The van der Waals surface area contributed by atoms with Gasteiger partial charge in [0.25, 0.3) is 0 Å². The van der Waals surface area contributed by atoms with Gasteiger partial charge in [0.2, 0.25) is 10.0 Å². The van der Waals surface area contributed by atoms with Crippen molar-refractivity contribution in [1.29, 1.82) is 0 Å². The number of anilines is 1. The summed E-state index contributed by atoms with van der Waals surface area (Å²) in [5.74, 6) is 0.624. The molecule has 0 saturated heterocycles. The van der Waals surface area contributed by atoms with E-state index in [1.54, 1.807) is 18.2 Å². The summed E-state index contributed by atoms with van der Waals surface area (Å²) in [6.07, 6.45) is 1.40. The first-order valence-electron chi connectivity index (χ1n) is 6.91. The van der Waals surface area contributed by atoms with Crippen LogP contribution in [0.5, 0.6) is 5.75 Å². The lowest BCUT2D eigenvalue weighted by atomic mass is 10.3. The topological polar surface area (TPSA) is 67.4 Å². The molecule has 0 saturated carbocycles. The van der Waals surface area contributed by atoms with Crippen molar-refractivity contribution in [2.45, 2.75) is 32.7 Å². The Hall–Kier alpha value is -0.980. The average molecular weight is 335 g/mol. The number of unbranched alkanes of at least 4 members (excludes halogenated alkanes) is 1. The van der Waals surface area contributed by atoms with Crippen molar-refractivity contribution in [2.24, 2.45) is 0 Å². The fraction of sp³-hybridized carbons (Fsp3) is 0.571. The number of hydrogen-bond donors (Lipinski definition) is 2. The maximum Gasteiger partial charge on any atom is 0.232 e. The van der Waals surface area contributed by atoms with E-state index < -0.39 is 10.0 Å². The Morgan fingerprint density at radius 1 is 1.29 bits per heavy atom. The van der Waals surface area contributed by atoms with Crippen molar-refractivity contribution in [1.82, 2.24) is 5.32 Å². The molecule has 0 aliphatic carbocycles. The molecular weight excluding hydrogens is 312 g/mol. The Morgan fingerprint density at radius 3 is 2.62 bits per heavy atom. The summed E-state index contributed by atoms with van der Waals surface area (Å²) in [6, 6.07) is 5.26. The maximum absolute atomic E-state index is 12.0. The molecular formula is C14H23ClN2O3S. The molecule has 7 heteroatoms. The highest BCUT2D eigenvalue weighted by Gasteiger charge is 2.13. The van der Waals surface area contributed by atoms with Gasteiger partial charge in [0, 0.05) is 12.1 Å². The SMILES string of the molecule is COc1ccc(Cl)c(NS(=O)(=O)CCCCNC(C)C)c1. The lowest BCUT2D eigenvalue weighted by molar-refractivity contribution is 0.415. The highest BCUT2D eigenvalue weighted by molar-refractivity contribution is 7.92. The van der Waals surface area contributed by atoms with Gasteiger partial charge in [-0.25, -0.2) is 8.42 Å². The van der Waals surface area contributed by atoms with Crippen molar-refractivity contribution >= 4 is 27.3 Å². The lowest BCUT2D eigenvalue weighted by Gasteiger charge is -2.11. The molecule has 0 radical (unpaired) electrons. The first-order chi connectivity index (χ1) is 9.84. The Labute approximate surface area is 132 Å². The summed E-state index contributed by atoms with van der Waals surface area (Å²) in [6.45, 7) is 4.93. The zero-order chi connectivity index (χ0) is 15.9. The number of rotatable bonds is 9. The molecule has 2 N–H and O–H groups in total. The second-order valence-corrected chi connectivity index (χ2v) is 7.33. The Morgan fingerprint density at radius 2 is 2.00 bits per heavy atom. The van der Waals surface area contributed by atoms with Gasteiger partial charge >= 0.3 is 0 Å². The standard InChI is InChI=1S/C14H23ClN2O3S/c1-11(2)16-8-4-5-9-21(18,19)17-14-10-12(20-3)6-7-13(14)15/h6-7,10-11,16-17H,4-5,8-9H2,1-3H3. The third-order valence-corrected chi connectivity index (χ3v) is 4.52. The van der Waals surface area contributed by atoms with Crippen LogP contribution in [-0.2, 0) is 10.0 Å². The van der Waals surface area contributed by atoms with E-state index in [2.05, 4.69) is 23.9 Å². The van der Waals surface area contributed by atoms with Crippen molar-refractivity contribution in [3.63, 3.8) is 0 Å². The van der Waals surface area contributed by atoms with Gasteiger partial charge in [-0.1, -0.05) is 25.4 Å². The third-order valence-electron chi connectivity index (χ3n) is 2.83. The summed E-state index contributed by atoms with van der Waals surface area (Å²) in [5, 5.41) is 3.60. The minimum atomic E-state index is -3.40. The first-order valence-corrected chi connectivity index (χ1v) is 8.94. The fourth-order valence-corrected chi connectivity index (χ4v) is 3.15. The minimum Gasteiger partial charge on any atom is -0.497 e. The molecule has 1 aromatic rings. The van der Waals surface area contributed by atoms with E-state index in [-0.39, 0.29) is 5.75 Å². The van der Waals surface area contributed by atoms with E-state index in [1.165, 1.54) is 7.11 Å². The molecule has 0 atom stereocenters. The zero-order valence-corrected chi connectivity index (χ0v) is 14.2. The van der Waals surface area contributed by atoms with E-state index in [9.17, 15) is 8.42 Å². The molecule has 1 rings (SSSR count). The number of sulfonamides is 1. The molecule has 0 aliphatic heterocycles. The predicted molar refractivity (Wildman–Crippen MR) is 87.8 cm³/mol. The molecule has 0 heterocycles. The van der Waals surface area contributed by atoms with Gasteiger partial charge in [-0.3, -0.25) is 4.72 Å². The molecule has 5 nitrogen and oxygen atoms in total. The van der Waals surface area contributed by atoms with Gasteiger partial charge < -0.3 is 10.1 Å². The Kier molecular flexibility index (Phi) is 7.28. The third kappa shape index (κ3) is 7.02. The van der Waals surface area contributed by atoms with Crippen LogP contribution in [0, 0.1) is 0 Å². The summed E-state index contributed by atoms with van der Waals surface area (Å²) in [7, 11) is -1.88. The maximum atomic E-state index is 12.0. The quantitative estimate of drug-likeness (QED) is 0.681. The highest BCUT2D eigenvalue weighted by atomic mass is 35.5. The molecule has 21 heavy (non-hydrogen) atoms. The van der Waals surface area contributed by atoms with Crippen LogP contribution in [0.4, 0.5) is 5.69 Å². The minimum absolute atomic E-state index is 0.0698. The lowest BCUT2D eigenvalue weighted by Crippen LogP contribution is -2.24. The zero-order valence-electron chi connectivity index (χ0n) is 12.6. The molecule has 0 unspecified atom stereocenters. The van der Waals surface area contributed by atoms with Crippen LogP contribution in [-0.4, -0.2) is 33.9 Å². The van der Waals surface area contributed by atoms with Crippen LogP contribution in [0.1, 0.15) is 26.7 Å². The Bertz CT molecular complexity index is 547. The van der Waals surface area contributed by atoms with E-state index in [0.717, 1.165) is 13.0 Å². The van der Waals surface area contributed by atoms with E-state index in [4.69, 9.17) is 16.3 Å². The largest absolute Gasteiger partial charge is 0.497 e. The molecule has 120 valence electrons. The van der Waals surface area contributed by atoms with Crippen LogP contribution in [0.25, 0.3) is 0 Å². The number of methoxy groups -OCH3 is 1. The number of nitrogens with one attached hydrogen (secondary N) is 2. The summed E-state index contributed by atoms with van der Waals surface area (Å²) in [4.78, 5) is 0. The van der Waals surface area contributed by atoms with Gasteiger partial charge in [0.15, 0.2) is 0 Å². The monoisotopic (exact) mass is 334 g/mol. The van der Waals surface area contributed by atoms with Gasteiger partial charge in [-0.15, -0.1) is 0 Å². The van der Waals surface area contributed by atoms with E-state index >= 15 is 0 Å². The van der Waals surface area contributed by atoms with Crippen LogP contribution in [0.2, 0.25) is 5.02 Å². The van der Waals surface area contributed by atoms with Crippen LogP contribution in [0.3, 0.4) is 0 Å². The van der Waals surface area contributed by atoms with Crippen molar-refractivity contribution < 1.29 is 13.2 Å². The normalized spacial score (nSPS) is 11.7. The summed E-state index contributed by atoms with van der Waals surface area (Å²) in [5.41, 5.74) is 0.344. The molecule has 0 amide bonds.